The molecule has 128 valence electrons. The predicted molar refractivity (Wildman–Crippen MR) is 99.6 cm³/mol. The Morgan fingerprint density at radius 3 is 2.80 bits per heavy atom. The first-order chi connectivity index (χ1) is 12.2. The molecule has 25 heavy (non-hydrogen) atoms. The van der Waals surface area contributed by atoms with Crippen LogP contribution in [-0.2, 0) is 11.2 Å². The Hall–Kier alpha value is -2.60. The number of hydrogen-bond donors (Lipinski definition) is 1. The van der Waals surface area contributed by atoms with Gasteiger partial charge in [0.05, 0.1) is 5.75 Å². The second-order valence-corrected chi connectivity index (χ2v) is 6.51. The van der Waals surface area contributed by atoms with E-state index in [2.05, 4.69) is 22.4 Å². The fraction of sp³-hybridized carbons (Fsp3) is 0.211. The number of aromatic nitrogens is 2. The summed E-state index contributed by atoms with van der Waals surface area (Å²) < 4.78 is 5.65. The molecule has 3 aromatic rings. The molecule has 0 bridgehead atoms. The average molecular weight is 353 g/mol. The summed E-state index contributed by atoms with van der Waals surface area (Å²) in [6.07, 6.45) is 0.933. The summed E-state index contributed by atoms with van der Waals surface area (Å²) >= 11 is 1.23. The third-order valence-corrected chi connectivity index (χ3v) is 4.55. The Bertz CT molecular complexity index is 876. The number of carbonyl (C=O) groups excluding carboxylic acids is 1. The molecule has 6 heteroatoms. The maximum Gasteiger partial charge on any atom is 0.277 e. The zero-order valence-corrected chi connectivity index (χ0v) is 15.0. The van der Waals surface area contributed by atoms with Crippen molar-refractivity contribution in [2.75, 3.05) is 11.1 Å². The molecule has 0 fully saturated rings. The zero-order valence-electron chi connectivity index (χ0n) is 14.2. The molecule has 0 radical (unpaired) electrons. The minimum Gasteiger partial charge on any atom is -0.411 e. The lowest BCUT2D eigenvalue weighted by molar-refractivity contribution is -0.113. The first-order valence-corrected chi connectivity index (χ1v) is 9.05. The molecule has 1 amide bonds. The Balaban J connectivity index is 1.58. The van der Waals surface area contributed by atoms with E-state index in [-0.39, 0.29) is 11.7 Å². The van der Waals surface area contributed by atoms with Crippen molar-refractivity contribution in [3.8, 4) is 11.5 Å². The molecule has 0 unspecified atom stereocenters. The largest absolute Gasteiger partial charge is 0.411 e. The van der Waals surface area contributed by atoms with Crippen LogP contribution in [-0.4, -0.2) is 21.9 Å². The number of aryl methyl sites for hydroxylation is 2. The van der Waals surface area contributed by atoms with E-state index in [1.165, 1.54) is 17.3 Å². The van der Waals surface area contributed by atoms with E-state index in [1.54, 1.807) is 0 Å². The molecule has 0 saturated carbocycles. The van der Waals surface area contributed by atoms with E-state index in [4.69, 9.17) is 4.42 Å². The highest BCUT2D eigenvalue weighted by Gasteiger charge is 2.12. The zero-order chi connectivity index (χ0) is 17.6. The van der Waals surface area contributed by atoms with Gasteiger partial charge in [-0.05, 0) is 42.7 Å². The highest BCUT2D eigenvalue weighted by Crippen LogP contribution is 2.25. The third kappa shape index (κ3) is 4.48. The van der Waals surface area contributed by atoms with Crippen LogP contribution in [0, 0.1) is 6.92 Å². The van der Waals surface area contributed by atoms with Gasteiger partial charge >= 0.3 is 0 Å². The molecular formula is C19H19N3O2S. The second-order valence-electron chi connectivity index (χ2n) is 5.58. The fourth-order valence-corrected chi connectivity index (χ4v) is 2.95. The molecule has 0 atom stereocenters. The van der Waals surface area contributed by atoms with Gasteiger partial charge in [-0.1, -0.05) is 49.0 Å². The van der Waals surface area contributed by atoms with Crippen LogP contribution in [0.1, 0.15) is 18.1 Å². The molecular weight excluding hydrogens is 334 g/mol. The van der Waals surface area contributed by atoms with Gasteiger partial charge in [0.15, 0.2) is 0 Å². The van der Waals surface area contributed by atoms with Crippen LogP contribution < -0.4 is 5.32 Å². The van der Waals surface area contributed by atoms with Gasteiger partial charge in [-0.2, -0.15) is 0 Å². The van der Waals surface area contributed by atoms with Crippen molar-refractivity contribution in [1.82, 2.24) is 10.2 Å². The molecule has 0 aliphatic rings. The first kappa shape index (κ1) is 17.2. The van der Waals surface area contributed by atoms with E-state index >= 15 is 0 Å². The fourth-order valence-electron chi connectivity index (χ4n) is 2.38. The highest BCUT2D eigenvalue weighted by atomic mass is 32.2. The lowest BCUT2D eigenvalue weighted by atomic mass is 10.1. The van der Waals surface area contributed by atoms with Crippen molar-refractivity contribution in [1.29, 1.82) is 0 Å². The summed E-state index contributed by atoms with van der Waals surface area (Å²) in [5.41, 5.74) is 3.96. The third-order valence-electron chi connectivity index (χ3n) is 3.73. The number of nitrogens with one attached hydrogen (secondary N) is 1. The Labute approximate surface area is 150 Å². The van der Waals surface area contributed by atoms with Gasteiger partial charge in [-0.25, -0.2) is 0 Å². The maximum atomic E-state index is 12.1. The molecule has 1 aromatic heterocycles. The highest BCUT2D eigenvalue weighted by molar-refractivity contribution is 7.99. The number of carbonyl (C=O) groups is 1. The number of hydrogen-bond acceptors (Lipinski definition) is 5. The molecule has 3 rings (SSSR count). The van der Waals surface area contributed by atoms with E-state index in [1.807, 2.05) is 55.5 Å². The Morgan fingerprint density at radius 1 is 1.16 bits per heavy atom. The topological polar surface area (TPSA) is 68.0 Å². The Kier molecular flexibility index (Phi) is 5.50. The van der Waals surface area contributed by atoms with Crippen LogP contribution in [0.3, 0.4) is 0 Å². The van der Waals surface area contributed by atoms with Crippen molar-refractivity contribution in [2.45, 2.75) is 25.5 Å². The summed E-state index contributed by atoms with van der Waals surface area (Å²) in [4.78, 5) is 12.1. The number of rotatable bonds is 6. The number of anilines is 1. The van der Waals surface area contributed by atoms with Crippen molar-refractivity contribution in [2.24, 2.45) is 0 Å². The minimum atomic E-state index is -0.103. The van der Waals surface area contributed by atoms with Crippen molar-refractivity contribution in [3.63, 3.8) is 0 Å². The molecule has 1 N–H and O–H groups in total. The van der Waals surface area contributed by atoms with E-state index < -0.39 is 0 Å². The molecule has 2 aromatic carbocycles. The van der Waals surface area contributed by atoms with Crippen LogP contribution in [0.25, 0.3) is 11.5 Å². The first-order valence-electron chi connectivity index (χ1n) is 8.07. The van der Waals surface area contributed by atoms with E-state index in [0.717, 1.165) is 23.2 Å². The summed E-state index contributed by atoms with van der Waals surface area (Å²) in [6.45, 7) is 4.07. The van der Waals surface area contributed by atoms with Crippen molar-refractivity contribution < 1.29 is 9.21 Å². The van der Waals surface area contributed by atoms with Gasteiger partial charge in [0.25, 0.3) is 5.22 Å². The standard InChI is InChI=1S/C19H19N3O2S/c1-3-14-8-6-9-15(11-14)20-17(23)12-25-19-22-21-18(24-19)16-10-5-4-7-13(16)2/h4-11H,3,12H2,1-2H3,(H,20,23). The molecule has 0 aliphatic carbocycles. The summed E-state index contributed by atoms with van der Waals surface area (Å²) in [7, 11) is 0. The smallest absolute Gasteiger partial charge is 0.277 e. The van der Waals surface area contributed by atoms with Crippen LogP contribution in [0.4, 0.5) is 5.69 Å². The molecule has 0 spiro atoms. The van der Waals surface area contributed by atoms with Gasteiger partial charge in [0, 0.05) is 11.3 Å². The van der Waals surface area contributed by atoms with Crippen LogP contribution >= 0.6 is 11.8 Å². The SMILES string of the molecule is CCc1cccc(NC(=O)CSc2nnc(-c3ccccc3C)o2)c1. The van der Waals surface area contributed by atoms with Crippen LogP contribution in [0.2, 0.25) is 0 Å². The predicted octanol–water partition coefficient (Wildman–Crippen LogP) is 4.34. The number of nitrogens with zero attached hydrogens (tertiary/aromatic N) is 2. The maximum absolute atomic E-state index is 12.1. The quantitative estimate of drug-likeness (QED) is 0.668. The van der Waals surface area contributed by atoms with Gasteiger partial charge in [0.2, 0.25) is 11.8 Å². The molecule has 0 aliphatic heterocycles. The normalized spacial score (nSPS) is 10.6. The minimum absolute atomic E-state index is 0.103. The van der Waals surface area contributed by atoms with Gasteiger partial charge in [-0.15, -0.1) is 10.2 Å². The number of amides is 1. The van der Waals surface area contributed by atoms with Crippen molar-refractivity contribution in [3.05, 3.63) is 59.7 Å². The number of benzene rings is 2. The van der Waals surface area contributed by atoms with Gasteiger partial charge in [0.1, 0.15) is 0 Å². The van der Waals surface area contributed by atoms with E-state index in [0.29, 0.717) is 11.1 Å². The summed E-state index contributed by atoms with van der Waals surface area (Å²) in [5.74, 6) is 0.580. The molecule has 0 saturated heterocycles. The Morgan fingerprint density at radius 2 is 2.00 bits per heavy atom. The summed E-state index contributed by atoms with van der Waals surface area (Å²) in [6, 6.07) is 15.6. The van der Waals surface area contributed by atoms with Crippen LogP contribution in [0.5, 0.6) is 0 Å². The average Bonchev–Trinajstić information content (AvgIpc) is 3.09. The summed E-state index contributed by atoms with van der Waals surface area (Å²) in [5, 5.41) is 11.3. The number of thioether (sulfide) groups is 1. The lowest BCUT2D eigenvalue weighted by Crippen LogP contribution is -2.14. The van der Waals surface area contributed by atoms with Gasteiger partial charge in [-0.3, -0.25) is 4.79 Å². The monoisotopic (exact) mass is 353 g/mol. The van der Waals surface area contributed by atoms with Crippen molar-refractivity contribution >= 4 is 23.4 Å². The molecule has 5 nitrogen and oxygen atoms in total. The van der Waals surface area contributed by atoms with Gasteiger partial charge < -0.3 is 9.73 Å². The van der Waals surface area contributed by atoms with Crippen LogP contribution in [0.15, 0.2) is 58.2 Å². The lowest BCUT2D eigenvalue weighted by Gasteiger charge is -2.05. The van der Waals surface area contributed by atoms with E-state index in [9.17, 15) is 4.79 Å². The molecule has 1 heterocycles. The second kappa shape index (κ2) is 7.98.